The maximum atomic E-state index is 13.6. The van der Waals surface area contributed by atoms with Crippen LogP contribution in [0.2, 0.25) is 5.02 Å². The van der Waals surface area contributed by atoms with E-state index in [9.17, 15) is 9.59 Å². The first kappa shape index (κ1) is 22.5. The van der Waals surface area contributed by atoms with Crippen LogP contribution in [0.5, 0.6) is 0 Å². The summed E-state index contributed by atoms with van der Waals surface area (Å²) in [4.78, 5) is 31.4. The second-order valence-corrected chi connectivity index (χ2v) is 10.3. The van der Waals surface area contributed by atoms with Crippen molar-refractivity contribution in [1.82, 2.24) is 0 Å². The molecule has 0 radical (unpaired) electrons. The summed E-state index contributed by atoms with van der Waals surface area (Å²) in [5.41, 5.74) is 2.62. The summed E-state index contributed by atoms with van der Waals surface area (Å²) in [6, 6.07) is 12.7. The number of anilines is 1. The van der Waals surface area contributed by atoms with E-state index in [1.54, 1.807) is 18.2 Å². The monoisotopic (exact) mass is 452 g/mol. The molecule has 0 aliphatic heterocycles. The molecule has 32 heavy (non-hydrogen) atoms. The van der Waals surface area contributed by atoms with Gasteiger partial charge in [0, 0.05) is 22.5 Å². The molecular formula is C26H29ClN2O3. The van der Waals surface area contributed by atoms with Gasteiger partial charge < -0.3 is 10.2 Å². The molecule has 2 aromatic carbocycles. The van der Waals surface area contributed by atoms with Crippen molar-refractivity contribution in [3.8, 4) is 0 Å². The molecule has 2 aromatic rings. The van der Waals surface area contributed by atoms with Gasteiger partial charge in [0.2, 0.25) is 5.91 Å². The molecule has 2 unspecified atom stereocenters. The molecule has 1 amide bonds. The Labute approximate surface area is 194 Å². The number of hydrogen-bond donors (Lipinski definition) is 1. The van der Waals surface area contributed by atoms with E-state index in [0.717, 1.165) is 29.7 Å². The first-order chi connectivity index (χ1) is 15.0. The Hall–Kier alpha value is -2.66. The van der Waals surface area contributed by atoms with E-state index < -0.39 is 11.4 Å². The molecule has 0 aromatic heterocycles. The van der Waals surface area contributed by atoms with E-state index in [1.165, 1.54) is 0 Å². The third-order valence-corrected chi connectivity index (χ3v) is 8.53. The van der Waals surface area contributed by atoms with Crippen molar-refractivity contribution in [2.75, 3.05) is 5.32 Å². The minimum Gasteiger partial charge on any atom is -0.326 e. The van der Waals surface area contributed by atoms with Crippen molar-refractivity contribution >= 4 is 34.9 Å². The molecule has 4 rings (SSSR count). The van der Waals surface area contributed by atoms with Crippen LogP contribution in [0.25, 0.3) is 0 Å². The first-order valence-electron chi connectivity index (χ1n) is 10.9. The molecule has 2 fully saturated rings. The highest BCUT2D eigenvalue weighted by Gasteiger charge is 2.71. The van der Waals surface area contributed by atoms with E-state index in [2.05, 4.69) is 31.2 Å². The summed E-state index contributed by atoms with van der Waals surface area (Å²) < 4.78 is 0. The average Bonchev–Trinajstić information content (AvgIpc) is 3.06. The number of benzene rings is 2. The summed E-state index contributed by atoms with van der Waals surface area (Å²) in [5, 5.41) is 7.99. The van der Waals surface area contributed by atoms with Gasteiger partial charge in [0.05, 0.1) is 16.7 Å². The van der Waals surface area contributed by atoms with E-state index in [0.29, 0.717) is 22.7 Å². The fraction of sp³-hybridized carbons (Fsp3) is 0.423. The Balaban J connectivity index is 1.58. The van der Waals surface area contributed by atoms with Crippen molar-refractivity contribution in [1.29, 1.82) is 0 Å². The lowest BCUT2D eigenvalue weighted by molar-refractivity contribution is -0.130. The van der Waals surface area contributed by atoms with Crippen LogP contribution in [-0.2, 0) is 9.63 Å². The second-order valence-electron chi connectivity index (χ2n) is 9.92. The number of nitrogens with one attached hydrogen (secondary N) is 1. The SMILES string of the molecule is Cc1ccc(C(=O)O/N=C2/CC3(C(=O)Nc4ccc(C)c(Cl)c4)CCC2(C)C3(C)C)cc1. The van der Waals surface area contributed by atoms with Gasteiger partial charge in [0.15, 0.2) is 0 Å². The lowest BCUT2D eigenvalue weighted by Crippen LogP contribution is -2.43. The molecule has 168 valence electrons. The molecule has 5 nitrogen and oxygen atoms in total. The van der Waals surface area contributed by atoms with Crippen LogP contribution in [0.4, 0.5) is 5.69 Å². The standard InChI is InChI=1S/C26H29ClN2O3/c1-16-6-9-18(10-7-16)22(30)32-29-21-15-26(13-12-25(21,5)24(26,3)4)23(31)28-19-11-8-17(2)20(27)14-19/h6-11,14H,12-13,15H2,1-5H3,(H,28,31)/b29-21-. The van der Waals surface area contributed by atoms with Crippen LogP contribution in [0.1, 0.15) is 61.5 Å². The predicted octanol–water partition coefficient (Wildman–Crippen LogP) is 6.32. The number of oxime groups is 1. The molecule has 2 aliphatic carbocycles. The molecule has 6 heteroatoms. The van der Waals surface area contributed by atoms with E-state index in [4.69, 9.17) is 16.4 Å². The van der Waals surface area contributed by atoms with Crippen molar-refractivity contribution in [3.63, 3.8) is 0 Å². The molecule has 0 heterocycles. The van der Waals surface area contributed by atoms with Crippen molar-refractivity contribution < 1.29 is 14.4 Å². The zero-order valence-corrected chi connectivity index (χ0v) is 20.0. The summed E-state index contributed by atoms with van der Waals surface area (Å²) in [5.74, 6) is -0.532. The zero-order chi connectivity index (χ0) is 23.3. The highest BCUT2D eigenvalue weighted by atomic mass is 35.5. The minimum absolute atomic E-state index is 0.0406. The van der Waals surface area contributed by atoms with Gasteiger partial charge in [-0.25, -0.2) is 4.79 Å². The zero-order valence-electron chi connectivity index (χ0n) is 19.2. The highest BCUT2D eigenvalue weighted by molar-refractivity contribution is 6.31. The molecule has 1 N–H and O–H groups in total. The first-order valence-corrected chi connectivity index (χ1v) is 11.3. The van der Waals surface area contributed by atoms with Gasteiger partial charge in [0.1, 0.15) is 0 Å². The quantitative estimate of drug-likeness (QED) is 0.435. The maximum absolute atomic E-state index is 13.6. The largest absolute Gasteiger partial charge is 0.365 e. The Bertz CT molecular complexity index is 1120. The second kappa shape index (κ2) is 7.73. The van der Waals surface area contributed by atoms with Crippen LogP contribution in [0.3, 0.4) is 0 Å². The van der Waals surface area contributed by atoms with Crippen molar-refractivity contribution in [2.24, 2.45) is 21.4 Å². The Morgan fingerprint density at radius 1 is 1.03 bits per heavy atom. The lowest BCUT2D eigenvalue weighted by atomic mass is 9.64. The van der Waals surface area contributed by atoms with E-state index >= 15 is 0 Å². The van der Waals surface area contributed by atoms with Gasteiger partial charge in [0.25, 0.3) is 0 Å². The Morgan fingerprint density at radius 3 is 2.38 bits per heavy atom. The van der Waals surface area contributed by atoms with Gasteiger partial charge in [-0.15, -0.1) is 0 Å². The fourth-order valence-electron chi connectivity index (χ4n) is 5.28. The summed E-state index contributed by atoms with van der Waals surface area (Å²) in [7, 11) is 0. The van der Waals surface area contributed by atoms with E-state index in [1.807, 2.05) is 38.1 Å². The fourth-order valence-corrected chi connectivity index (χ4v) is 5.46. The molecule has 0 saturated heterocycles. The number of nitrogens with zero attached hydrogens (tertiary/aromatic N) is 1. The number of carbonyl (C=O) groups is 2. The number of halogens is 1. The van der Waals surface area contributed by atoms with Gasteiger partial charge in [-0.2, -0.15) is 0 Å². The van der Waals surface area contributed by atoms with E-state index in [-0.39, 0.29) is 16.7 Å². The predicted molar refractivity (Wildman–Crippen MR) is 127 cm³/mol. The Morgan fingerprint density at radius 2 is 1.72 bits per heavy atom. The van der Waals surface area contributed by atoms with Gasteiger partial charge in [-0.05, 0) is 61.9 Å². The number of carbonyl (C=O) groups excluding carboxylic acids is 2. The topological polar surface area (TPSA) is 67.8 Å². The number of hydrogen-bond acceptors (Lipinski definition) is 4. The average molecular weight is 453 g/mol. The van der Waals surface area contributed by atoms with Crippen molar-refractivity contribution in [3.05, 3.63) is 64.2 Å². The molecule has 2 aliphatic rings. The Kier molecular flexibility index (Phi) is 5.44. The third-order valence-electron chi connectivity index (χ3n) is 8.12. The number of aryl methyl sites for hydroxylation is 2. The third kappa shape index (κ3) is 3.34. The molecule has 2 saturated carbocycles. The number of rotatable bonds is 4. The lowest BCUT2D eigenvalue weighted by Gasteiger charge is -2.39. The summed E-state index contributed by atoms with van der Waals surface area (Å²) in [6.07, 6.45) is 2.03. The summed E-state index contributed by atoms with van der Waals surface area (Å²) in [6.45, 7) is 10.2. The smallest absolute Gasteiger partial charge is 0.326 e. The number of amides is 1. The van der Waals surface area contributed by atoms with Gasteiger partial charge >= 0.3 is 5.97 Å². The molecule has 0 spiro atoms. The highest BCUT2D eigenvalue weighted by Crippen LogP contribution is 2.71. The summed E-state index contributed by atoms with van der Waals surface area (Å²) >= 11 is 6.25. The molecule has 2 bridgehead atoms. The molecule has 2 atom stereocenters. The van der Waals surface area contributed by atoms with Crippen LogP contribution in [0.15, 0.2) is 47.6 Å². The van der Waals surface area contributed by atoms with Crippen LogP contribution in [-0.4, -0.2) is 17.6 Å². The minimum atomic E-state index is -0.631. The normalized spacial score (nSPS) is 26.9. The maximum Gasteiger partial charge on any atom is 0.365 e. The van der Waals surface area contributed by atoms with Crippen LogP contribution < -0.4 is 5.32 Å². The van der Waals surface area contributed by atoms with Gasteiger partial charge in [-0.1, -0.05) is 61.3 Å². The van der Waals surface area contributed by atoms with Crippen LogP contribution >= 0.6 is 11.6 Å². The number of fused-ring (bicyclic) bond motifs is 2. The van der Waals surface area contributed by atoms with Gasteiger partial charge in [-0.3, -0.25) is 4.79 Å². The van der Waals surface area contributed by atoms with Crippen molar-refractivity contribution in [2.45, 2.75) is 53.9 Å². The van der Waals surface area contributed by atoms with Crippen LogP contribution in [0, 0.1) is 30.1 Å². The molecular weight excluding hydrogens is 424 g/mol.